The van der Waals surface area contributed by atoms with Gasteiger partial charge in [0, 0.05) is 10.9 Å². The summed E-state index contributed by atoms with van der Waals surface area (Å²) in [5, 5.41) is 0. The van der Waals surface area contributed by atoms with Gasteiger partial charge in [-0.3, -0.25) is 0 Å². The molecule has 0 bridgehead atoms. The fraction of sp³-hybridized carbons (Fsp3) is 0.600. The van der Waals surface area contributed by atoms with E-state index in [-0.39, 0.29) is 5.41 Å². The predicted molar refractivity (Wildman–Crippen MR) is 79.0 cm³/mol. The van der Waals surface area contributed by atoms with Crippen molar-refractivity contribution in [3.05, 3.63) is 27.7 Å². The number of halogens is 1. The molecule has 1 unspecified atom stereocenters. The third-order valence-corrected chi connectivity index (χ3v) is 4.26. The molecule has 1 atom stereocenters. The van der Waals surface area contributed by atoms with E-state index in [2.05, 4.69) is 48.8 Å². The quantitative estimate of drug-likeness (QED) is 0.926. The van der Waals surface area contributed by atoms with Crippen LogP contribution < -0.4 is 10.5 Å². The molecule has 18 heavy (non-hydrogen) atoms. The van der Waals surface area contributed by atoms with Gasteiger partial charge in [-0.25, -0.2) is 0 Å². The van der Waals surface area contributed by atoms with E-state index in [1.165, 1.54) is 11.1 Å². The second kappa shape index (κ2) is 5.22. The van der Waals surface area contributed by atoms with Crippen LogP contribution >= 0.6 is 15.9 Å². The average Bonchev–Trinajstić information content (AvgIpc) is 2.71. The van der Waals surface area contributed by atoms with Gasteiger partial charge in [-0.2, -0.15) is 0 Å². The van der Waals surface area contributed by atoms with Crippen LogP contribution in [0, 0.1) is 11.3 Å². The van der Waals surface area contributed by atoms with Crippen LogP contribution in [0.2, 0.25) is 0 Å². The van der Waals surface area contributed by atoms with E-state index in [4.69, 9.17) is 10.5 Å². The van der Waals surface area contributed by atoms with E-state index in [0.29, 0.717) is 12.5 Å². The number of hydrogen-bond acceptors (Lipinski definition) is 2. The molecule has 2 rings (SSSR count). The Hall–Kier alpha value is -0.540. The summed E-state index contributed by atoms with van der Waals surface area (Å²) >= 11 is 3.59. The highest BCUT2D eigenvalue weighted by atomic mass is 79.9. The number of benzene rings is 1. The third kappa shape index (κ3) is 2.89. The van der Waals surface area contributed by atoms with Gasteiger partial charge in [0.15, 0.2) is 0 Å². The minimum absolute atomic E-state index is 0.225. The second-order valence-electron chi connectivity index (χ2n) is 6.15. The Morgan fingerprint density at radius 1 is 1.39 bits per heavy atom. The van der Waals surface area contributed by atoms with Crippen molar-refractivity contribution in [1.82, 2.24) is 0 Å². The van der Waals surface area contributed by atoms with Gasteiger partial charge in [-0.15, -0.1) is 0 Å². The van der Waals surface area contributed by atoms with Crippen LogP contribution in [0.15, 0.2) is 16.6 Å². The second-order valence-corrected chi connectivity index (χ2v) is 7.07. The molecule has 1 aliphatic heterocycles. The topological polar surface area (TPSA) is 35.2 Å². The van der Waals surface area contributed by atoms with Crippen molar-refractivity contribution in [2.45, 2.75) is 33.6 Å². The maximum Gasteiger partial charge on any atom is 0.125 e. The molecule has 0 fully saturated rings. The first-order valence-electron chi connectivity index (χ1n) is 6.56. The highest BCUT2D eigenvalue weighted by Crippen LogP contribution is 2.37. The predicted octanol–water partition coefficient (Wildman–Crippen LogP) is 3.55. The van der Waals surface area contributed by atoms with Gasteiger partial charge in [0.25, 0.3) is 0 Å². The Morgan fingerprint density at radius 2 is 2.11 bits per heavy atom. The zero-order chi connectivity index (χ0) is 13.3. The lowest BCUT2D eigenvalue weighted by Gasteiger charge is -2.30. The minimum Gasteiger partial charge on any atom is -0.493 e. The fourth-order valence-electron chi connectivity index (χ4n) is 2.51. The molecule has 0 spiro atoms. The third-order valence-electron chi connectivity index (χ3n) is 3.80. The van der Waals surface area contributed by atoms with E-state index in [1.54, 1.807) is 0 Å². The fourth-order valence-corrected chi connectivity index (χ4v) is 3.06. The van der Waals surface area contributed by atoms with Gasteiger partial charge in [0.1, 0.15) is 5.75 Å². The maximum atomic E-state index is 5.94. The van der Waals surface area contributed by atoms with Crippen LogP contribution in [0.1, 0.15) is 31.9 Å². The Morgan fingerprint density at radius 3 is 2.72 bits per heavy atom. The Bertz CT molecular complexity index is 437. The molecule has 1 aromatic rings. The molecule has 0 saturated heterocycles. The lowest BCUT2D eigenvalue weighted by Crippen LogP contribution is -2.30. The molecule has 1 aromatic carbocycles. The van der Waals surface area contributed by atoms with Crippen molar-refractivity contribution in [3.8, 4) is 5.75 Å². The Kier molecular flexibility index (Phi) is 4.02. The minimum atomic E-state index is 0.225. The van der Waals surface area contributed by atoms with Crippen molar-refractivity contribution in [2.75, 3.05) is 13.2 Å². The van der Waals surface area contributed by atoms with E-state index in [9.17, 15) is 0 Å². The molecular formula is C15H22BrNO. The van der Waals surface area contributed by atoms with Crippen molar-refractivity contribution >= 4 is 15.9 Å². The van der Waals surface area contributed by atoms with Crippen LogP contribution in [0.5, 0.6) is 5.75 Å². The molecule has 0 aromatic heterocycles. The molecule has 0 amide bonds. The molecule has 0 aliphatic carbocycles. The van der Waals surface area contributed by atoms with E-state index in [0.717, 1.165) is 29.7 Å². The molecule has 0 saturated carbocycles. The highest BCUT2D eigenvalue weighted by Gasteiger charge is 2.26. The van der Waals surface area contributed by atoms with E-state index < -0.39 is 0 Å². The monoisotopic (exact) mass is 311 g/mol. The average molecular weight is 312 g/mol. The SMILES string of the molecule is CC(C)(C)C(CN)Cc1cc(Br)cc2c1OCC2. The first-order valence-corrected chi connectivity index (χ1v) is 7.35. The molecule has 1 aliphatic rings. The van der Waals surface area contributed by atoms with Crippen molar-refractivity contribution < 1.29 is 4.74 Å². The van der Waals surface area contributed by atoms with Gasteiger partial charge in [-0.05, 0) is 47.6 Å². The molecular weight excluding hydrogens is 290 g/mol. The van der Waals surface area contributed by atoms with Crippen molar-refractivity contribution in [3.63, 3.8) is 0 Å². The van der Waals surface area contributed by atoms with Gasteiger partial charge in [-0.1, -0.05) is 36.7 Å². The van der Waals surface area contributed by atoms with Crippen molar-refractivity contribution in [2.24, 2.45) is 17.1 Å². The summed E-state index contributed by atoms with van der Waals surface area (Å²) in [5.41, 5.74) is 8.78. The lowest BCUT2D eigenvalue weighted by molar-refractivity contribution is 0.243. The Balaban J connectivity index is 2.29. The number of ether oxygens (including phenoxy) is 1. The molecule has 2 N–H and O–H groups in total. The molecule has 2 nitrogen and oxygen atoms in total. The lowest BCUT2D eigenvalue weighted by atomic mass is 9.77. The van der Waals surface area contributed by atoms with Crippen LogP contribution in [0.3, 0.4) is 0 Å². The molecule has 1 heterocycles. The van der Waals surface area contributed by atoms with Crippen LogP contribution in [0.25, 0.3) is 0 Å². The molecule has 100 valence electrons. The van der Waals surface area contributed by atoms with Gasteiger partial charge < -0.3 is 10.5 Å². The number of nitrogens with two attached hydrogens (primary N) is 1. The Labute approximate surface area is 118 Å². The first kappa shape index (κ1) is 13.9. The zero-order valence-corrected chi connectivity index (χ0v) is 13.0. The summed E-state index contributed by atoms with van der Waals surface area (Å²) in [7, 11) is 0. The standard InChI is InChI=1S/C15H22BrNO/c1-15(2,3)12(9-17)6-11-8-13(16)7-10-4-5-18-14(10)11/h7-8,12H,4-6,9,17H2,1-3H3. The van der Waals surface area contributed by atoms with Gasteiger partial charge >= 0.3 is 0 Å². The molecule has 3 heteroatoms. The largest absolute Gasteiger partial charge is 0.493 e. The normalized spacial score (nSPS) is 16.3. The molecule has 0 radical (unpaired) electrons. The number of hydrogen-bond donors (Lipinski definition) is 1. The zero-order valence-electron chi connectivity index (χ0n) is 11.4. The number of fused-ring (bicyclic) bond motifs is 1. The van der Waals surface area contributed by atoms with Crippen molar-refractivity contribution in [1.29, 1.82) is 0 Å². The maximum absolute atomic E-state index is 5.94. The summed E-state index contributed by atoms with van der Waals surface area (Å²) in [6.45, 7) is 8.28. The summed E-state index contributed by atoms with van der Waals surface area (Å²) in [6, 6.07) is 4.35. The van der Waals surface area contributed by atoms with Crippen LogP contribution in [-0.4, -0.2) is 13.2 Å². The summed E-state index contributed by atoms with van der Waals surface area (Å²) in [6.07, 6.45) is 2.01. The van der Waals surface area contributed by atoms with Crippen LogP contribution in [0.4, 0.5) is 0 Å². The van der Waals surface area contributed by atoms with E-state index >= 15 is 0 Å². The number of rotatable bonds is 3. The van der Waals surface area contributed by atoms with Gasteiger partial charge in [0.05, 0.1) is 6.61 Å². The smallest absolute Gasteiger partial charge is 0.125 e. The van der Waals surface area contributed by atoms with E-state index in [1.807, 2.05) is 0 Å². The summed E-state index contributed by atoms with van der Waals surface area (Å²) in [4.78, 5) is 0. The summed E-state index contributed by atoms with van der Waals surface area (Å²) in [5.74, 6) is 1.57. The summed E-state index contributed by atoms with van der Waals surface area (Å²) < 4.78 is 6.93. The van der Waals surface area contributed by atoms with Gasteiger partial charge in [0.2, 0.25) is 0 Å². The highest BCUT2D eigenvalue weighted by molar-refractivity contribution is 9.10. The van der Waals surface area contributed by atoms with Crippen LogP contribution in [-0.2, 0) is 12.8 Å². The first-order chi connectivity index (χ1) is 8.41.